The number of nitrogens with zero attached hydrogens (tertiary/aromatic N) is 3. The summed E-state index contributed by atoms with van der Waals surface area (Å²) in [5, 5.41) is 5.90. The van der Waals surface area contributed by atoms with Gasteiger partial charge in [0, 0.05) is 30.6 Å². The second-order valence-corrected chi connectivity index (χ2v) is 6.55. The van der Waals surface area contributed by atoms with Gasteiger partial charge in [-0.2, -0.15) is 5.10 Å². The Hall–Kier alpha value is -4.09. The summed E-state index contributed by atoms with van der Waals surface area (Å²) < 4.78 is 56.0. The van der Waals surface area contributed by atoms with Crippen molar-refractivity contribution >= 4 is 17.3 Å². The summed E-state index contributed by atoms with van der Waals surface area (Å²) in [4.78, 5) is 16.7. The van der Waals surface area contributed by atoms with Gasteiger partial charge < -0.3 is 21.6 Å². The first-order chi connectivity index (χ1) is 15.2. The van der Waals surface area contributed by atoms with Crippen LogP contribution in [0.25, 0.3) is 5.69 Å². The molecule has 0 spiro atoms. The normalized spacial score (nSPS) is 11.9. The third-order valence-electron chi connectivity index (χ3n) is 4.32. The number of benzene rings is 2. The van der Waals surface area contributed by atoms with Crippen molar-refractivity contribution in [1.82, 2.24) is 9.55 Å². The fourth-order valence-corrected chi connectivity index (χ4v) is 2.78. The van der Waals surface area contributed by atoms with E-state index in [4.69, 9.17) is 11.6 Å². The molecule has 0 bridgehead atoms. The molecule has 1 aromatic heterocycles. The lowest BCUT2D eigenvalue weighted by Gasteiger charge is -2.12. The van der Waals surface area contributed by atoms with E-state index in [1.54, 1.807) is 24.3 Å². The van der Waals surface area contributed by atoms with Crippen LogP contribution < -0.4 is 27.2 Å². The molecule has 0 amide bonds. The average molecular weight is 450 g/mol. The van der Waals surface area contributed by atoms with E-state index < -0.39 is 23.5 Å². The molecular weight excluding hydrogens is 432 g/mol. The highest BCUT2D eigenvalue weighted by molar-refractivity contribution is 5.80. The molecule has 0 radical (unpaired) electrons. The van der Waals surface area contributed by atoms with Crippen LogP contribution in [0.1, 0.15) is 12.0 Å². The first-order valence-electron chi connectivity index (χ1n) is 9.18. The highest BCUT2D eigenvalue weighted by Crippen LogP contribution is 2.27. The number of aryl methyl sites for hydroxylation is 1. The minimum atomic E-state index is -4.95. The largest absolute Gasteiger partial charge is 0.573 e. The number of hydrogen-bond acceptors (Lipinski definition) is 6. The van der Waals surface area contributed by atoms with Crippen molar-refractivity contribution in [3.8, 4) is 11.4 Å². The second-order valence-electron chi connectivity index (χ2n) is 6.55. The molecule has 12 heteroatoms. The van der Waals surface area contributed by atoms with Crippen LogP contribution in [0.15, 0.2) is 64.8 Å². The Morgan fingerprint density at radius 1 is 1.19 bits per heavy atom. The Morgan fingerprint density at radius 2 is 1.91 bits per heavy atom. The molecule has 0 atom stereocenters. The van der Waals surface area contributed by atoms with Crippen molar-refractivity contribution in [2.24, 2.45) is 16.7 Å². The Labute approximate surface area is 179 Å². The predicted octanol–water partition coefficient (Wildman–Crippen LogP) is 3.18. The van der Waals surface area contributed by atoms with E-state index >= 15 is 0 Å². The highest BCUT2D eigenvalue weighted by Gasteiger charge is 2.31. The van der Waals surface area contributed by atoms with Gasteiger partial charge in [0.25, 0.3) is 5.56 Å². The SMILES string of the molecule is N/N=C(\N)CCc1ccc(-n2ccnc(Nc3ccc(OC(F)(F)F)cc3F)c2=O)cc1. The van der Waals surface area contributed by atoms with Crippen molar-refractivity contribution in [3.05, 3.63) is 76.6 Å². The van der Waals surface area contributed by atoms with E-state index in [2.05, 4.69) is 20.1 Å². The van der Waals surface area contributed by atoms with Gasteiger partial charge in [-0.15, -0.1) is 13.2 Å². The average Bonchev–Trinajstić information content (AvgIpc) is 2.74. The third-order valence-corrected chi connectivity index (χ3v) is 4.32. The predicted molar refractivity (Wildman–Crippen MR) is 110 cm³/mol. The summed E-state index contributed by atoms with van der Waals surface area (Å²) in [5.41, 5.74) is 6.22. The van der Waals surface area contributed by atoms with E-state index in [-0.39, 0.29) is 11.5 Å². The smallest absolute Gasteiger partial charge is 0.406 e. The molecule has 0 aliphatic heterocycles. The lowest BCUT2D eigenvalue weighted by molar-refractivity contribution is -0.274. The van der Waals surface area contributed by atoms with Gasteiger partial charge in [0.15, 0.2) is 5.82 Å². The Morgan fingerprint density at radius 3 is 2.53 bits per heavy atom. The van der Waals surface area contributed by atoms with E-state index in [1.165, 1.54) is 17.0 Å². The molecule has 1 heterocycles. The van der Waals surface area contributed by atoms with Crippen LogP contribution in [-0.2, 0) is 6.42 Å². The van der Waals surface area contributed by atoms with E-state index in [9.17, 15) is 22.4 Å². The van der Waals surface area contributed by atoms with Crippen molar-refractivity contribution < 1.29 is 22.3 Å². The minimum absolute atomic E-state index is 0.216. The number of hydrazone groups is 1. The molecule has 3 aromatic rings. The zero-order valence-corrected chi connectivity index (χ0v) is 16.4. The maximum absolute atomic E-state index is 14.2. The van der Waals surface area contributed by atoms with Crippen LogP contribution >= 0.6 is 0 Å². The summed E-state index contributed by atoms with van der Waals surface area (Å²) in [6, 6.07) is 9.51. The molecule has 2 aromatic carbocycles. The Kier molecular flexibility index (Phi) is 6.61. The molecule has 3 rings (SSSR count). The van der Waals surface area contributed by atoms with Gasteiger partial charge in [0.05, 0.1) is 5.69 Å². The number of rotatable bonds is 7. The number of ether oxygens (including phenoxy) is 1. The zero-order valence-electron chi connectivity index (χ0n) is 16.4. The molecule has 0 saturated heterocycles. The van der Waals surface area contributed by atoms with Gasteiger partial charge >= 0.3 is 6.36 Å². The molecule has 0 fully saturated rings. The van der Waals surface area contributed by atoms with Crippen LogP contribution in [0.4, 0.5) is 29.1 Å². The molecule has 168 valence electrons. The summed E-state index contributed by atoms with van der Waals surface area (Å²) >= 11 is 0. The lowest BCUT2D eigenvalue weighted by Crippen LogP contribution is -2.22. The fraction of sp³-hybridized carbons (Fsp3) is 0.150. The van der Waals surface area contributed by atoms with E-state index in [1.807, 2.05) is 0 Å². The zero-order chi connectivity index (χ0) is 23.3. The topological polar surface area (TPSA) is 121 Å². The van der Waals surface area contributed by atoms with Crippen molar-refractivity contribution in [3.63, 3.8) is 0 Å². The van der Waals surface area contributed by atoms with Crippen molar-refractivity contribution in [1.29, 1.82) is 0 Å². The molecule has 0 aliphatic carbocycles. The van der Waals surface area contributed by atoms with Crippen LogP contribution in [0.5, 0.6) is 5.75 Å². The number of alkyl halides is 3. The number of amidine groups is 1. The molecule has 32 heavy (non-hydrogen) atoms. The van der Waals surface area contributed by atoms with Gasteiger partial charge in [-0.1, -0.05) is 12.1 Å². The number of halogens is 4. The number of hydrogen-bond donors (Lipinski definition) is 3. The second kappa shape index (κ2) is 9.37. The lowest BCUT2D eigenvalue weighted by atomic mass is 10.1. The van der Waals surface area contributed by atoms with Crippen LogP contribution in [0.3, 0.4) is 0 Å². The van der Waals surface area contributed by atoms with Gasteiger partial charge in [-0.3, -0.25) is 9.36 Å². The van der Waals surface area contributed by atoms with Gasteiger partial charge in [-0.25, -0.2) is 9.37 Å². The van der Waals surface area contributed by atoms with Crippen LogP contribution in [0.2, 0.25) is 0 Å². The Balaban J connectivity index is 1.80. The monoisotopic (exact) mass is 450 g/mol. The maximum atomic E-state index is 14.2. The molecule has 0 saturated carbocycles. The van der Waals surface area contributed by atoms with Crippen LogP contribution in [-0.4, -0.2) is 21.7 Å². The molecular formula is C20H18F4N6O2. The first-order valence-corrected chi connectivity index (χ1v) is 9.18. The molecule has 0 aliphatic rings. The summed E-state index contributed by atoms with van der Waals surface area (Å²) in [5.74, 6) is 3.43. The van der Waals surface area contributed by atoms with Crippen molar-refractivity contribution in [2.45, 2.75) is 19.2 Å². The van der Waals surface area contributed by atoms with E-state index in [0.717, 1.165) is 17.7 Å². The fourth-order valence-electron chi connectivity index (χ4n) is 2.78. The number of aromatic nitrogens is 2. The summed E-state index contributed by atoms with van der Waals surface area (Å²) in [7, 11) is 0. The Bertz CT molecular complexity index is 1180. The number of anilines is 2. The molecule has 0 unspecified atom stereocenters. The quantitative estimate of drug-likeness (QED) is 0.167. The highest BCUT2D eigenvalue weighted by atomic mass is 19.4. The summed E-state index contributed by atoms with van der Waals surface area (Å²) in [6.45, 7) is 0. The minimum Gasteiger partial charge on any atom is -0.406 e. The molecule has 5 N–H and O–H groups in total. The number of nitrogens with one attached hydrogen (secondary N) is 1. The third kappa shape index (κ3) is 5.74. The van der Waals surface area contributed by atoms with E-state index in [0.29, 0.717) is 30.4 Å². The standard InChI is InChI=1S/C20H18F4N6O2/c21-15-11-14(32-20(22,23)24)6-7-16(15)28-18-19(31)30(10-9-27-18)13-4-1-12(2-5-13)3-8-17(25)29-26/h1-2,4-7,9-11H,3,8,26H2,(H2,25,29)(H,27,28). The first kappa shape index (κ1) is 22.6. The van der Waals surface area contributed by atoms with Gasteiger partial charge in [-0.05, 0) is 36.2 Å². The van der Waals surface area contributed by atoms with Crippen LogP contribution in [0, 0.1) is 5.82 Å². The molecule has 8 nitrogen and oxygen atoms in total. The maximum Gasteiger partial charge on any atom is 0.573 e. The van der Waals surface area contributed by atoms with Gasteiger partial charge in [0.1, 0.15) is 17.4 Å². The van der Waals surface area contributed by atoms with Gasteiger partial charge in [0.2, 0.25) is 0 Å². The number of nitrogens with two attached hydrogens (primary N) is 2. The van der Waals surface area contributed by atoms with Crippen molar-refractivity contribution in [2.75, 3.05) is 5.32 Å². The summed E-state index contributed by atoms with van der Waals surface area (Å²) in [6.07, 6.45) is -1.10.